The number of nitrogens with zero attached hydrogens (tertiary/aromatic N) is 1. The van der Waals surface area contributed by atoms with E-state index in [1.807, 2.05) is 36.4 Å². The number of benzene rings is 2. The Morgan fingerprint density at radius 2 is 1.85 bits per heavy atom. The minimum Gasteiger partial charge on any atom is -0.396 e. The van der Waals surface area contributed by atoms with Crippen molar-refractivity contribution in [3.05, 3.63) is 65.2 Å². The Labute approximate surface area is 119 Å². The quantitative estimate of drug-likeness (QED) is 0.844. The van der Waals surface area contributed by atoms with Gasteiger partial charge in [0, 0.05) is 18.8 Å². The van der Waals surface area contributed by atoms with Gasteiger partial charge in [-0.1, -0.05) is 24.3 Å². The van der Waals surface area contributed by atoms with E-state index < -0.39 is 0 Å². The Kier molecular flexibility index (Phi) is 5.16. The molecule has 0 radical (unpaired) electrons. The van der Waals surface area contributed by atoms with Gasteiger partial charge in [0.05, 0.1) is 11.6 Å². The van der Waals surface area contributed by atoms with Crippen molar-refractivity contribution in [2.75, 3.05) is 11.9 Å². The molecule has 0 saturated heterocycles. The van der Waals surface area contributed by atoms with Crippen LogP contribution in [0.15, 0.2) is 48.5 Å². The number of hydrogen-bond acceptors (Lipinski definition) is 3. The second kappa shape index (κ2) is 7.32. The van der Waals surface area contributed by atoms with Crippen LogP contribution in [0.25, 0.3) is 0 Å². The molecule has 2 N–H and O–H groups in total. The summed E-state index contributed by atoms with van der Waals surface area (Å²) in [6, 6.07) is 17.9. The lowest BCUT2D eigenvalue weighted by molar-refractivity contribution is 0.288. The standard InChI is InChI=1S/C17H18N2O/c18-12-15-6-8-16(9-7-15)13-19-17-5-1-3-14(11-17)4-2-10-20/h1,3,5-9,11,19-20H,2,4,10,13H2. The van der Waals surface area contributed by atoms with Crippen LogP contribution in [-0.2, 0) is 13.0 Å². The van der Waals surface area contributed by atoms with Crippen LogP contribution < -0.4 is 5.32 Å². The first-order valence-corrected chi connectivity index (χ1v) is 6.74. The molecule has 0 aromatic heterocycles. The molecular formula is C17H18N2O. The summed E-state index contributed by atoms with van der Waals surface area (Å²) in [6.07, 6.45) is 1.68. The predicted molar refractivity (Wildman–Crippen MR) is 80.3 cm³/mol. The molecule has 0 spiro atoms. The molecular weight excluding hydrogens is 248 g/mol. The molecule has 0 unspecified atom stereocenters. The van der Waals surface area contributed by atoms with Gasteiger partial charge in [-0.15, -0.1) is 0 Å². The lowest BCUT2D eigenvalue weighted by Gasteiger charge is -2.08. The Bertz CT molecular complexity index is 585. The Morgan fingerprint density at radius 1 is 1.05 bits per heavy atom. The molecule has 0 fully saturated rings. The molecule has 0 bridgehead atoms. The normalized spacial score (nSPS) is 10.0. The fraction of sp³-hybridized carbons (Fsp3) is 0.235. The van der Waals surface area contributed by atoms with Crippen molar-refractivity contribution in [3.8, 4) is 6.07 Å². The van der Waals surface area contributed by atoms with Crippen molar-refractivity contribution in [2.45, 2.75) is 19.4 Å². The first-order chi connectivity index (χ1) is 9.81. The second-order valence-electron chi connectivity index (χ2n) is 4.69. The summed E-state index contributed by atoms with van der Waals surface area (Å²) < 4.78 is 0. The van der Waals surface area contributed by atoms with E-state index in [1.54, 1.807) is 0 Å². The third-order valence-electron chi connectivity index (χ3n) is 3.13. The molecule has 2 rings (SSSR count). The van der Waals surface area contributed by atoms with Crippen molar-refractivity contribution in [3.63, 3.8) is 0 Å². The van der Waals surface area contributed by atoms with Gasteiger partial charge in [-0.05, 0) is 48.2 Å². The largest absolute Gasteiger partial charge is 0.396 e. The molecule has 102 valence electrons. The van der Waals surface area contributed by atoms with E-state index in [1.165, 1.54) is 5.56 Å². The van der Waals surface area contributed by atoms with Gasteiger partial charge in [-0.2, -0.15) is 5.26 Å². The monoisotopic (exact) mass is 266 g/mol. The summed E-state index contributed by atoms with van der Waals surface area (Å²) in [6.45, 7) is 0.956. The van der Waals surface area contributed by atoms with E-state index in [0.29, 0.717) is 5.56 Å². The maximum absolute atomic E-state index is 8.85. The minimum absolute atomic E-state index is 0.225. The van der Waals surface area contributed by atoms with E-state index in [4.69, 9.17) is 10.4 Å². The van der Waals surface area contributed by atoms with Crippen LogP contribution in [0.3, 0.4) is 0 Å². The number of aryl methyl sites for hydroxylation is 1. The molecule has 0 atom stereocenters. The summed E-state index contributed by atoms with van der Waals surface area (Å²) in [5, 5.41) is 21.0. The number of hydrogen-bond donors (Lipinski definition) is 2. The first-order valence-electron chi connectivity index (χ1n) is 6.74. The van der Waals surface area contributed by atoms with E-state index >= 15 is 0 Å². The Hall–Kier alpha value is -2.31. The number of anilines is 1. The zero-order chi connectivity index (χ0) is 14.2. The third-order valence-corrected chi connectivity index (χ3v) is 3.13. The predicted octanol–water partition coefficient (Wildman–Crippen LogP) is 3.10. The van der Waals surface area contributed by atoms with Crippen LogP contribution in [0.2, 0.25) is 0 Å². The summed E-state index contributed by atoms with van der Waals surface area (Å²) in [5.41, 5.74) is 4.12. The van der Waals surface area contributed by atoms with Gasteiger partial charge in [-0.3, -0.25) is 0 Å². The number of nitriles is 1. The lowest BCUT2D eigenvalue weighted by Crippen LogP contribution is -2.00. The molecule has 0 aliphatic rings. The number of rotatable bonds is 6. The van der Waals surface area contributed by atoms with Crippen LogP contribution >= 0.6 is 0 Å². The zero-order valence-corrected chi connectivity index (χ0v) is 11.3. The zero-order valence-electron chi connectivity index (χ0n) is 11.3. The summed E-state index contributed by atoms with van der Waals surface area (Å²) in [5.74, 6) is 0. The highest BCUT2D eigenvalue weighted by atomic mass is 16.2. The average Bonchev–Trinajstić information content (AvgIpc) is 2.52. The second-order valence-corrected chi connectivity index (χ2v) is 4.69. The number of aliphatic hydroxyl groups excluding tert-OH is 1. The number of nitrogens with one attached hydrogen (secondary N) is 1. The van der Waals surface area contributed by atoms with E-state index in [2.05, 4.69) is 23.5 Å². The highest BCUT2D eigenvalue weighted by Gasteiger charge is 1.98. The summed E-state index contributed by atoms with van der Waals surface area (Å²) in [7, 11) is 0. The van der Waals surface area contributed by atoms with Crippen LogP contribution in [0, 0.1) is 11.3 Å². The van der Waals surface area contributed by atoms with E-state index in [0.717, 1.165) is 30.6 Å². The minimum atomic E-state index is 0.225. The van der Waals surface area contributed by atoms with Gasteiger partial charge >= 0.3 is 0 Å². The van der Waals surface area contributed by atoms with Gasteiger partial charge in [0.1, 0.15) is 0 Å². The maximum Gasteiger partial charge on any atom is 0.0991 e. The third kappa shape index (κ3) is 4.11. The molecule has 3 heteroatoms. The van der Waals surface area contributed by atoms with Crippen molar-refractivity contribution in [2.24, 2.45) is 0 Å². The molecule has 0 aliphatic heterocycles. The van der Waals surface area contributed by atoms with Gasteiger partial charge in [-0.25, -0.2) is 0 Å². The first kappa shape index (κ1) is 14.1. The SMILES string of the molecule is N#Cc1ccc(CNc2cccc(CCCO)c2)cc1. The topological polar surface area (TPSA) is 56.0 Å². The highest BCUT2D eigenvalue weighted by Crippen LogP contribution is 2.14. The molecule has 0 aliphatic carbocycles. The highest BCUT2D eigenvalue weighted by molar-refractivity contribution is 5.46. The van der Waals surface area contributed by atoms with Crippen LogP contribution in [-0.4, -0.2) is 11.7 Å². The molecule has 2 aromatic rings. The summed E-state index contributed by atoms with van der Waals surface area (Å²) in [4.78, 5) is 0. The molecule has 3 nitrogen and oxygen atoms in total. The molecule has 0 heterocycles. The van der Waals surface area contributed by atoms with E-state index in [-0.39, 0.29) is 6.61 Å². The smallest absolute Gasteiger partial charge is 0.0991 e. The Balaban J connectivity index is 1.94. The maximum atomic E-state index is 8.85. The molecule has 0 saturated carbocycles. The molecule has 2 aromatic carbocycles. The summed E-state index contributed by atoms with van der Waals surface area (Å²) >= 11 is 0. The van der Waals surface area contributed by atoms with E-state index in [9.17, 15) is 0 Å². The number of aliphatic hydroxyl groups is 1. The van der Waals surface area contributed by atoms with Crippen LogP contribution in [0.4, 0.5) is 5.69 Å². The van der Waals surface area contributed by atoms with Gasteiger partial charge in [0.15, 0.2) is 0 Å². The van der Waals surface area contributed by atoms with Gasteiger partial charge in [0.2, 0.25) is 0 Å². The van der Waals surface area contributed by atoms with Gasteiger partial charge in [0.25, 0.3) is 0 Å². The Morgan fingerprint density at radius 3 is 2.55 bits per heavy atom. The van der Waals surface area contributed by atoms with Crippen molar-refractivity contribution in [1.29, 1.82) is 5.26 Å². The van der Waals surface area contributed by atoms with Crippen LogP contribution in [0.5, 0.6) is 0 Å². The lowest BCUT2D eigenvalue weighted by atomic mass is 10.1. The van der Waals surface area contributed by atoms with Crippen molar-refractivity contribution < 1.29 is 5.11 Å². The van der Waals surface area contributed by atoms with Gasteiger partial charge < -0.3 is 10.4 Å². The average molecular weight is 266 g/mol. The molecule has 20 heavy (non-hydrogen) atoms. The van der Waals surface area contributed by atoms with Crippen molar-refractivity contribution >= 4 is 5.69 Å². The molecule has 0 amide bonds. The fourth-order valence-corrected chi connectivity index (χ4v) is 2.02. The van der Waals surface area contributed by atoms with Crippen LogP contribution in [0.1, 0.15) is 23.1 Å². The fourth-order valence-electron chi connectivity index (χ4n) is 2.02. The van der Waals surface area contributed by atoms with Crippen molar-refractivity contribution in [1.82, 2.24) is 0 Å².